The summed E-state index contributed by atoms with van der Waals surface area (Å²) in [7, 11) is 0. The Morgan fingerprint density at radius 3 is 2.71 bits per heavy atom. The van der Waals surface area contributed by atoms with Crippen molar-refractivity contribution < 1.29 is 24.5 Å². The highest BCUT2D eigenvalue weighted by molar-refractivity contribution is 5.89. The SMILES string of the molecule is CCOC(=O)c1ccnc(Oc2ccc(NCC(O)CO)cc2)c1. The van der Waals surface area contributed by atoms with Crippen molar-refractivity contribution >= 4 is 11.7 Å². The fourth-order valence-corrected chi connectivity index (χ4v) is 1.87. The van der Waals surface area contributed by atoms with Crippen LogP contribution in [0.3, 0.4) is 0 Å². The monoisotopic (exact) mass is 332 g/mol. The molecule has 1 unspecified atom stereocenters. The maximum absolute atomic E-state index is 11.7. The molecule has 0 saturated carbocycles. The minimum Gasteiger partial charge on any atom is -0.462 e. The summed E-state index contributed by atoms with van der Waals surface area (Å²) in [6, 6.07) is 10.1. The standard InChI is InChI=1S/C17H20N2O5/c1-2-23-17(22)12-7-8-18-16(9-12)24-15-5-3-13(4-6-15)19-10-14(21)11-20/h3-9,14,19-21H,2,10-11H2,1H3. The Labute approximate surface area is 139 Å². The number of nitrogens with zero attached hydrogens (tertiary/aromatic N) is 1. The summed E-state index contributed by atoms with van der Waals surface area (Å²) in [5, 5.41) is 21.0. The number of hydrogen-bond acceptors (Lipinski definition) is 7. The number of nitrogens with one attached hydrogen (secondary N) is 1. The molecular formula is C17H20N2O5. The quantitative estimate of drug-likeness (QED) is 0.634. The van der Waals surface area contributed by atoms with Gasteiger partial charge in [-0.25, -0.2) is 9.78 Å². The molecule has 0 aliphatic rings. The van der Waals surface area contributed by atoms with Gasteiger partial charge in [0.15, 0.2) is 0 Å². The fraction of sp³-hybridized carbons (Fsp3) is 0.294. The molecule has 1 aromatic heterocycles. The van der Waals surface area contributed by atoms with Crippen LogP contribution in [-0.4, -0.2) is 47.0 Å². The lowest BCUT2D eigenvalue weighted by Crippen LogP contribution is -2.22. The van der Waals surface area contributed by atoms with E-state index in [9.17, 15) is 9.90 Å². The second-order valence-electron chi connectivity index (χ2n) is 4.95. The van der Waals surface area contributed by atoms with Crippen molar-refractivity contribution in [3.8, 4) is 11.6 Å². The van der Waals surface area contributed by atoms with E-state index in [0.717, 1.165) is 5.69 Å². The maximum Gasteiger partial charge on any atom is 0.338 e. The third-order valence-electron chi connectivity index (χ3n) is 3.08. The number of esters is 1. The normalized spacial score (nSPS) is 11.6. The van der Waals surface area contributed by atoms with Gasteiger partial charge in [-0.15, -0.1) is 0 Å². The second kappa shape index (κ2) is 8.85. The highest BCUT2D eigenvalue weighted by Crippen LogP contribution is 2.22. The summed E-state index contributed by atoms with van der Waals surface area (Å²) in [6.45, 7) is 2.00. The van der Waals surface area contributed by atoms with E-state index in [0.29, 0.717) is 17.9 Å². The molecule has 24 heavy (non-hydrogen) atoms. The average molecular weight is 332 g/mol. The molecule has 7 heteroatoms. The minimum atomic E-state index is -0.809. The molecule has 1 atom stereocenters. The molecule has 0 amide bonds. The Bertz CT molecular complexity index is 660. The van der Waals surface area contributed by atoms with Crippen LogP contribution >= 0.6 is 0 Å². The highest BCUT2D eigenvalue weighted by Gasteiger charge is 2.09. The van der Waals surface area contributed by atoms with Crippen LogP contribution in [0.25, 0.3) is 0 Å². The Morgan fingerprint density at radius 1 is 1.29 bits per heavy atom. The molecule has 1 heterocycles. The van der Waals surface area contributed by atoms with Gasteiger partial charge >= 0.3 is 5.97 Å². The second-order valence-corrected chi connectivity index (χ2v) is 4.95. The Kier molecular flexibility index (Phi) is 6.53. The summed E-state index contributed by atoms with van der Waals surface area (Å²) >= 11 is 0. The molecule has 128 valence electrons. The summed E-state index contributed by atoms with van der Waals surface area (Å²) in [5.74, 6) is 0.417. The number of carbonyl (C=O) groups excluding carboxylic acids is 1. The van der Waals surface area contributed by atoms with Crippen LogP contribution in [-0.2, 0) is 4.74 Å². The molecule has 7 nitrogen and oxygen atoms in total. The Balaban J connectivity index is 1.98. The molecule has 0 fully saturated rings. The molecule has 2 rings (SSSR count). The van der Waals surface area contributed by atoms with E-state index in [2.05, 4.69) is 10.3 Å². The van der Waals surface area contributed by atoms with Crippen molar-refractivity contribution in [1.29, 1.82) is 0 Å². The van der Waals surface area contributed by atoms with Crippen molar-refractivity contribution in [2.75, 3.05) is 25.1 Å². The fourth-order valence-electron chi connectivity index (χ4n) is 1.87. The van der Waals surface area contributed by atoms with E-state index in [1.807, 2.05) is 0 Å². The van der Waals surface area contributed by atoms with E-state index >= 15 is 0 Å². The van der Waals surface area contributed by atoms with Gasteiger partial charge in [-0.05, 0) is 37.3 Å². The lowest BCUT2D eigenvalue weighted by molar-refractivity contribution is 0.0526. The maximum atomic E-state index is 11.7. The molecule has 0 radical (unpaired) electrons. The van der Waals surface area contributed by atoms with Crippen LogP contribution in [0.2, 0.25) is 0 Å². The topological polar surface area (TPSA) is 101 Å². The van der Waals surface area contributed by atoms with E-state index in [-0.39, 0.29) is 19.0 Å². The van der Waals surface area contributed by atoms with Crippen molar-refractivity contribution in [3.63, 3.8) is 0 Å². The third-order valence-corrected chi connectivity index (χ3v) is 3.08. The number of carbonyl (C=O) groups is 1. The number of aromatic nitrogens is 1. The number of pyridine rings is 1. The zero-order valence-corrected chi connectivity index (χ0v) is 13.3. The molecule has 0 aliphatic heterocycles. The van der Waals surface area contributed by atoms with Crippen LogP contribution < -0.4 is 10.1 Å². The summed E-state index contributed by atoms with van der Waals surface area (Å²) in [4.78, 5) is 15.8. The van der Waals surface area contributed by atoms with Gasteiger partial charge in [0.25, 0.3) is 0 Å². The number of aliphatic hydroxyl groups is 2. The van der Waals surface area contributed by atoms with Crippen molar-refractivity contribution in [2.45, 2.75) is 13.0 Å². The first-order valence-corrected chi connectivity index (χ1v) is 7.56. The minimum absolute atomic E-state index is 0.250. The Morgan fingerprint density at radius 2 is 2.04 bits per heavy atom. The number of hydrogen-bond donors (Lipinski definition) is 3. The number of aliphatic hydroxyl groups excluding tert-OH is 2. The number of rotatable bonds is 8. The van der Waals surface area contributed by atoms with Crippen LogP contribution in [0.1, 0.15) is 17.3 Å². The van der Waals surface area contributed by atoms with Gasteiger partial charge in [-0.1, -0.05) is 0 Å². The first-order valence-electron chi connectivity index (χ1n) is 7.56. The van der Waals surface area contributed by atoms with E-state index < -0.39 is 12.1 Å². The smallest absolute Gasteiger partial charge is 0.338 e. The van der Waals surface area contributed by atoms with Crippen LogP contribution in [0.4, 0.5) is 5.69 Å². The summed E-state index contributed by atoms with van der Waals surface area (Å²) in [6.07, 6.45) is 0.670. The third kappa shape index (κ3) is 5.22. The number of anilines is 1. The number of benzene rings is 1. The molecule has 0 aliphatic carbocycles. The molecular weight excluding hydrogens is 312 g/mol. The molecule has 1 aromatic carbocycles. The van der Waals surface area contributed by atoms with Crippen LogP contribution in [0, 0.1) is 0 Å². The molecule has 0 saturated heterocycles. The average Bonchev–Trinajstić information content (AvgIpc) is 2.61. The molecule has 2 aromatic rings. The molecule has 0 bridgehead atoms. The zero-order valence-electron chi connectivity index (χ0n) is 13.3. The first kappa shape index (κ1) is 17.7. The van der Waals surface area contributed by atoms with Crippen molar-refractivity contribution in [1.82, 2.24) is 4.98 Å². The van der Waals surface area contributed by atoms with E-state index in [4.69, 9.17) is 14.6 Å². The van der Waals surface area contributed by atoms with Gasteiger partial charge in [0.1, 0.15) is 5.75 Å². The predicted octanol–water partition coefficient (Wildman–Crippen LogP) is 1.82. The van der Waals surface area contributed by atoms with E-state index in [1.165, 1.54) is 12.3 Å². The largest absolute Gasteiger partial charge is 0.462 e. The lowest BCUT2D eigenvalue weighted by Gasteiger charge is -2.11. The van der Waals surface area contributed by atoms with Crippen molar-refractivity contribution in [3.05, 3.63) is 48.2 Å². The van der Waals surface area contributed by atoms with Gasteiger partial charge in [-0.2, -0.15) is 0 Å². The lowest BCUT2D eigenvalue weighted by atomic mass is 10.2. The summed E-state index contributed by atoms with van der Waals surface area (Å²) in [5.41, 5.74) is 1.15. The molecule has 3 N–H and O–H groups in total. The van der Waals surface area contributed by atoms with Gasteiger partial charge in [-0.3, -0.25) is 0 Å². The Hall–Kier alpha value is -2.64. The van der Waals surface area contributed by atoms with Crippen molar-refractivity contribution in [2.24, 2.45) is 0 Å². The van der Waals surface area contributed by atoms with Gasteiger partial charge in [0, 0.05) is 24.5 Å². The van der Waals surface area contributed by atoms with Crippen LogP contribution in [0.15, 0.2) is 42.6 Å². The van der Waals surface area contributed by atoms with Gasteiger partial charge in [0.2, 0.25) is 5.88 Å². The van der Waals surface area contributed by atoms with Gasteiger partial charge < -0.3 is 25.0 Å². The van der Waals surface area contributed by atoms with E-state index in [1.54, 1.807) is 37.3 Å². The van der Waals surface area contributed by atoms with Crippen LogP contribution in [0.5, 0.6) is 11.6 Å². The number of ether oxygens (including phenoxy) is 2. The summed E-state index contributed by atoms with van der Waals surface area (Å²) < 4.78 is 10.5. The van der Waals surface area contributed by atoms with Gasteiger partial charge in [0.05, 0.1) is 24.9 Å². The zero-order chi connectivity index (χ0) is 17.4. The predicted molar refractivity (Wildman–Crippen MR) is 88.3 cm³/mol. The molecule has 0 spiro atoms. The first-order chi connectivity index (χ1) is 11.6. The highest BCUT2D eigenvalue weighted by atomic mass is 16.5.